The van der Waals surface area contributed by atoms with Gasteiger partial charge in [0.05, 0.1) is 0 Å². The van der Waals surface area contributed by atoms with Crippen LogP contribution in [0, 0.1) is 0 Å². The number of nitrogens with zero attached hydrogens (tertiary/aromatic N) is 2. The second-order valence-electron chi connectivity index (χ2n) is 7.19. The Kier molecular flexibility index (Phi) is 7.57. The van der Waals surface area contributed by atoms with Crippen molar-refractivity contribution in [2.75, 3.05) is 26.8 Å². The first-order valence-corrected chi connectivity index (χ1v) is 9.89. The number of methoxy groups -OCH3 is 1. The number of aromatic nitrogens is 1. The molecule has 0 saturated carbocycles. The van der Waals surface area contributed by atoms with Crippen LogP contribution in [0.1, 0.15) is 28.8 Å². The van der Waals surface area contributed by atoms with Crippen molar-refractivity contribution in [1.29, 1.82) is 0 Å². The highest BCUT2D eigenvalue weighted by molar-refractivity contribution is 5.94. The van der Waals surface area contributed by atoms with E-state index < -0.39 is 18.3 Å². The summed E-state index contributed by atoms with van der Waals surface area (Å²) in [5, 5.41) is 21.0. The number of hydrogen-bond donors (Lipinski definition) is 2. The molecule has 1 aliphatic rings. The van der Waals surface area contributed by atoms with E-state index in [9.17, 15) is 15.0 Å². The average Bonchev–Trinajstić information content (AvgIpc) is 2.77. The third-order valence-corrected chi connectivity index (χ3v) is 5.20. The van der Waals surface area contributed by atoms with E-state index in [0.29, 0.717) is 17.9 Å². The fourth-order valence-electron chi connectivity index (χ4n) is 3.48. The number of carbonyl (C=O) groups excluding carboxylic acids is 1. The van der Waals surface area contributed by atoms with Crippen LogP contribution < -0.4 is 4.74 Å². The van der Waals surface area contributed by atoms with Crippen LogP contribution in [0.5, 0.6) is 5.75 Å². The summed E-state index contributed by atoms with van der Waals surface area (Å²) in [7, 11) is 1.46. The van der Waals surface area contributed by atoms with Crippen LogP contribution in [0.15, 0.2) is 48.8 Å². The summed E-state index contributed by atoms with van der Waals surface area (Å²) in [5.74, 6) is 0.555. The maximum atomic E-state index is 13.0. The number of pyridine rings is 1. The number of aryl methyl sites for hydroxylation is 1. The molecule has 1 aromatic heterocycles. The third-order valence-electron chi connectivity index (χ3n) is 5.20. The molecule has 0 bridgehead atoms. The first-order valence-electron chi connectivity index (χ1n) is 9.89. The van der Waals surface area contributed by atoms with Gasteiger partial charge in [0.25, 0.3) is 5.91 Å². The van der Waals surface area contributed by atoms with E-state index in [1.165, 1.54) is 7.11 Å². The molecule has 2 heterocycles. The summed E-state index contributed by atoms with van der Waals surface area (Å²) in [4.78, 5) is 18.6. The first-order chi connectivity index (χ1) is 14.1. The second-order valence-corrected chi connectivity index (χ2v) is 7.19. The van der Waals surface area contributed by atoms with E-state index >= 15 is 0 Å². The largest absolute Gasteiger partial charge is 0.491 e. The van der Waals surface area contributed by atoms with Gasteiger partial charge >= 0.3 is 0 Å². The number of amides is 1. The summed E-state index contributed by atoms with van der Waals surface area (Å²) >= 11 is 0. The molecule has 0 saturated heterocycles. The molecule has 2 N–H and O–H groups in total. The Bertz CT molecular complexity index is 786. The van der Waals surface area contributed by atoms with E-state index in [4.69, 9.17) is 9.47 Å². The lowest BCUT2D eigenvalue weighted by atomic mass is 10.1. The number of benzene rings is 1. The van der Waals surface area contributed by atoms with E-state index in [-0.39, 0.29) is 19.1 Å². The van der Waals surface area contributed by atoms with Gasteiger partial charge in [-0.2, -0.15) is 0 Å². The fraction of sp³-hybridized carbons (Fsp3) is 0.455. The van der Waals surface area contributed by atoms with Crippen molar-refractivity contribution in [3.63, 3.8) is 0 Å². The Balaban J connectivity index is 1.82. The normalized spacial score (nSPS) is 23.7. The molecule has 156 valence electrons. The molecule has 1 aromatic carbocycles. The van der Waals surface area contributed by atoms with Crippen LogP contribution in [0.25, 0.3) is 0 Å². The minimum absolute atomic E-state index is 0.0592. The Morgan fingerprint density at radius 1 is 1.17 bits per heavy atom. The zero-order chi connectivity index (χ0) is 20.6. The molecule has 0 radical (unpaired) electrons. The van der Waals surface area contributed by atoms with Crippen LogP contribution in [-0.4, -0.2) is 71.1 Å². The van der Waals surface area contributed by atoms with Gasteiger partial charge in [-0.3, -0.25) is 9.78 Å². The molecule has 7 nitrogen and oxygen atoms in total. The third kappa shape index (κ3) is 5.53. The van der Waals surface area contributed by atoms with Gasteiger partial charge in [-0.1, -0.05) is 18.2 Å². The van der Waals surface area contributed by atoms with Gasteiger partial charge in [0.15, 0.2) is 0 Å². The molecule has 0 aliphatic carbocycles. The van der Waals surface area contributed by atoms with Crippen LogP contribution in [-0.2, 0) is 11.2 Å². The zero-order valence-corrected chi connectivity index (χ0v) is 16.6. The average molecular weight is 400 g/mol. The lowest BCUT2D eigenvalue weighted by Gasteiger charge is -2.31. The van der Waals surface area contributed by atoms with Gasteiger partial charge in [0, 0.05) is 38.2 Å². The van der Waals surface area contributed by atoms with Gasteiger partial charge in [-0.25, -0.2) is 0 Å². The maximum Gasteiger partial charge on any atom is 0.254 e. The van der Waals surface area contributed by atoms with Crippen molar-refractivity contribution < 1.29 is 24.5 Å². The van der Waals surface area contributed by atoms with Crippen molar-refractivity contribution in [1.82, 2.24) is 9.88 Å². The van der Waals surface area contributed by atoms with Gasteiger partial charge < -0.3 is 24.6 Å². The number of ether oxygens (including phenoxy) is 2. The summed E-state index contributed by atoms with van der Waals surface area (Å²) in [6.07, 6.45) is 2.55. The highest BCUT2D eigenvalue weighted by Crippen LogP contribution is 2.22. The minimum Gasteiger partial charge on any atom is -0.491 e. The highest BCUT2D eigenvalue weighted by atomic mass is 16.5. The number of aliphatic hydroxyl groups is 2. The number of carbonyl (C=O) groups is 1. The summed E-state index contributed by atoms with van der Waals surface area (Å²) < 4.78 is 11.2. The number of fused-ring (bicyclic) bond motifs is 1. The molecule has 1 amide bonds. The first kappa shape index (κ1) is 21.2. The molecule has 0 spiro atoms. The molecule has 3 atom stereocenters. The fourth-order valence-corrected chi connectivity index (χ4v) is 3.48. The lowest BCUT2D eigenvalue weighted by molar-refractivity contribution is -0.0925. The van der Waals surface area contributed by atoms with E-state index in [1.54, 1.807) is 29.4 Å². The smallest absolute Gasteiger partial charge is 0.254 e. The number of hydrogen-bond acceptors (Lipinski definition) is 6. The summed E-state index contributed by atoms with van der Waals surface area (Å²) in [5.41, 5.74) is 1.58. The molecular weight excluding hydrogens is 372 g/mol. The van der Waals surface area contributed by atoms with E-state index in [2.05, 4.69) is 4.98 Å². The van der Waals surface area contributed by atoms with Crippen LogP contribution in [0.4, 0.5) is 0 Å². The van der Waals surface area contributed by atoms with Gasteiger partial charge in [-0.05, 0) is 43.0 Å². The van der Waals surface area contributed by atoms with Crippen molar-refractivity contribution >= 4 is 5.91 Å². The molecule has 29 heavy (non-hydrogen) atoms. The van der Waals surface area contributed by atoms with E-state index in [1.807, 2.05) is 24.3 Å². The minimum atomic E-state index is -1.19. The zero-order valence-electron chi connectivity index (χ0n) is 16.6. The quantitative estimate of drug-likeness (QED) is 0.797. The summed E-state index contributed by atoms with van der Waals surface area (Å²) in [6, 6.07) is 11.0. The molecule has 0 fully saturated rings. The van der Waals surface area contributed by atoms with Crippen molar-refractivity contribution in [3.8, 4) is 5.75 Å². The molecule has 2 aromatic rings. The standard InChI is InChI=1S/C22H28N2O5/c1-28-20-14-24(22(27)17-9-11-23-12-10-17)13-5-4-7-16-6-2-3-8-19(16)29-15-18(25)21(20)26/h2-3,6,8-12,18,20-21,25-26H,4-5,7,13-15H2,1H3/t18-,20+,21-/m1/s1. The van der Waals surface area contributed by atoms with Crippen molar-refractivity contribution in [2.24, 2.45) is 0 Å². The topological polar surface area (TPSA) is 92.1 Å². The number of para-hydroxylation sites is 1. The number of rotatable bonds is 2. The van der Waals surface area contributed by atoms with Crippen molar-refractivity contribution in [3.05, 3.63) is 59.9 Å². The van der Waals surface area contributed by atoms with Gasteiger partial charge in [-0.15, -0.1) is 0 Å². The molecular formula is C22H28N2O5. The Hall–Kier alpha value is -2.48. The van der Waals surface area contributed by atoms with Crippen LogP contribution in [0.2, 0.25) is 0 Å². The van der Waals surface area contributed by atoms with Gasteiger partial charge in [0.2, 0.25) is 0 Å². The summed E-state index contributed by atoms with van der Waals surface area (Å²) in [6.45, 7) is 0.631. The van der Waals surface area contributed by atoms with Crippen LogP contribution >= 0.6 is 0 Å². The molecule has 1 aliphatic heterocycles. The lowest BCUT2D eigenvalue weighted by Crippen LogP contribution is -2.49. The van der Waals surface area contributed by atoms with Crippen LogP contribution in [0.3, 0.4) is 0 Å². The molecule has 3 rings (SSSR count). The second kappa shape index (κ2) is 10.3. The van der Waals surface area contributed by atoms with Gasteiger partial charge in [0.1, 0.15) is 30.7 Å². The Morgan fingerprint density at radius 2 is 1.93 bits per heavy atom. The number of aliphatic hydroxyl groups excluding tert-OH is 2. The predicted molar refractivity (Wildman–Crippen MR) is 108 cm³/mol. The molecule has 0 unspecified atom stereocenters. The van der Waals surface area contributed by atoms with Crippen molar-refractivity contribution in [2.45, 2.75) is 37.6 Å². The maximum absolute atomic E-state index is 13.0. The monoisotopic (exact) mass is 400 g/mol. The van der Waals surface area contributed by atoms with E-state index in [0.717, 1.165) is 24.8 Å². The Morgan fingerprint density at radius 3 is 2.69 bits per heavy atom. The predicted octanol–water partition coefficient (Wildman–Crippen LogP) is 1.68. The SMILES string of the molecule is CO[C@H]1CN(C(=O)c2ccncc2)CCCCc2ccccc2OC[C@@H](O)[C@H]1O. The molecule has 7 heteroatoms. The Labute approximate surface area is 170 Å². The highest BCUT2D eigenvalue weighted by Gasteiger charge is 2.30.